The Morgan fingerprint density at radius 3 is 2.43 bits per heavy atom. The first-order valence-corrected chi connectivity index (χ1v) is 10.1. The highest BCUT2D eigenvalue weighted by atomic mass is 35.5. The minimum Gasteiger partial charge on any atom is -0.452 e. The number of hydrogen-bond acceptors (Lipinski definition) is 5. The third kappa shape index (κ3) is 7.62. The number of aryl methyl sites for hydroxylation is 1. The summed E-state index contributed by atoms with van der Waals surface area (Å²) in [5.41, 5.74) is 2.27. The van der Waals surface area contributed by atoms with Gasteiger partial charge in [-0.3, -0.25) is 14.4 Å². The van der Waals surface area contributed by atoms with Crippen molar-refractivity contribution in [2.75, 3.05) is 22.1 Å². The molecule has 2 amide bonds. The molecule has 1 atom stereocenters. The molecule has 0 aliphatic heterocycles. The van der Waals surface area contributed by atoms with Crippen LogP contribution in [0.3, 0.4) is 0 Å². The van der Waals surface area contributed by atoms with E-state index in [4.69, 9.17) is 16.3 Å². The van der Waals surface area contributed by atoms with Gasteiger partial charge >= 0.3 is 5.97 Å². The van der Waals surface area contributed by atoms with E-state index >= 15 is 0 Å². The van der Waals surface area contributed by atoms with Gasteiger partial charge in [0.2, 0.25) is 5.91 Å². The standard InChI is InChI=1S/C20H21ClN2O4S/c1-13-4-3-5-17(10-13)23-20(26)14(2)27-19(25)12-28-11-18(24)22-16-8-6-15(21)7-9-16/h3-10,14H,11-12H2,1-2H3,(H,22,24)(H,23,26)/t14-/m1/s1. The zero-order chi connectivity index (χ0) is 20.5. The van der Waals surface area contributed by atoms with Crippen LogP contribution in [0.25, 0.3) is 0 Å². The lowest BCUT2D eigenvalue weighted by Crippen LogP contribution is -2.30. The molecule has 2 rings (SSSR count). The number of hydrogen-bond donors (Lipinski definition) is 2. The molecule has 0 bridgehead atoms. The van der Waals surface area contributed by atoms with Crippen molar-refractivity contribution in [2.24, 2.45) is 0 Å². The van der Waals surface area contributed by atoms with E-state index in [0.717, 1.165) is 17.3 Å². The quantitative estimate of drug-likeness (QED) is 0.633. The SMILES string of the molecule is Cc1cccc(NC(=O)[C@@H](C)OC(=O)CSCC(=O)Nc2ccc(Cl)cc2)c1. The van der Waals surface area contributed by atoms with Crippen LogP contribution in [0.15, 0.2) is 48.5 Å². The number of esters is 1. The summed E-state index contributed by atoms with van der Waals surface area (Å²) in [6, 6.07) is 14.0. The lowest BCUT2D eigenvalue weighted by atomic mass is 10.2. The second-order valence-electron chi connectivity index (χ2n) is 6.04. The number of thioether (sulfide) groups is 1. The highest BCUT2D eigenvalue weighted by Gasteiger charge is 2.18. The molecule has 28 heavy (non-hydrogen) atoms. The van der Waals surface area contributed by atoms with Crippen LogP contribution >= 0.6 is 23.4 Å². The molecule has 0 aliphatic rings. The zero-order valence-corrected chi connectivity index (χ0v) is 17.1. The molecule has 8 heteroatoms. The fourth-order valence-corrected chi connectivity index (χ4v) is 2.93. The molecule has 0 heterocycles. The number of carbonyl (C=O) groups excluding carboxylic acids is 3. The Bertz CT molecular complexity index is 842. The summed E-state index contributed by atoms with van der Waals surface area (Å²) in [6.45, 7) is 3.42. The summed E-state index contributed by atoms with van der Waals surface area (Å²) in [7, 11) is 0. The minimum atomic E-state index is -0.934. The van der Waals surface area contributed by atoms with E-state index in [2.05, 4.69) is 10.6 Å². The van der Waals surface area contributed by atoms with Crippen LogP contribution in [-0.2, 0) is 19.1 Å². The Morgan fingerprint density at radius 2 is 1.75 bits per heavy atom. The predicted molar refractivity (Wildman–Crippen MR) is 113 cm³/mol. The van der Waals surface area contributed by atoms with Crippen molar-refractivity contribution in [1.29, 1.82) is 0 Å². The number of rotatable bonds is 8. The van der Waals surface area contributed by atoms with Gasteiger partial charge in [-0.2, -0.15) is 0 Å². The number of nitrogens with one attached hydrogen (secondary N) is 2. The average molecular weight is 421 g/mol. The van der Waals surface area contributed by atoms with Crippen LogP contribution in [0.1, 0.15) is 12.5 Å². The van der Waals surface area contributed by atoms with E-state index in [-0.39, 0.29) is 17.4 Å². The number of anilines is 2. The summed E-state index contributed by atoms with van der Waals surface area (Å²) in [4.78, 5) is 35.8. The summed E-state index contributed by atoms with van der Waals surface area (Å²) in [6.07, 6.45) is -0.934. The molecule has 0 saturated heterocycles. The van der Waals surface area contributed by atoms with Gasteiger partial charge in [0.15, 0.2) is 6.10 Å². The number of ether oxygens (including phenoxy) is 1. The molecule has 2 aromatic rings. The maximum Gasteiger partial charge on any atom is 0.316 e. The van der Waals surface area contributed by atoms with E-state index in [0.29, 0.717) is 16.4 Å². The maximum absolute atomic E-state index is 12.1. The average Bonchev–Trinajstić information content (AvgIpc) is 2.63. The van der Waals surface area contributed by atoms with E-state index in [1.165, 1.54) is 6.92 Å². The fraction of sp³-hybridized carbons (Fsp3) is 0.250. The van der Waals surface area contributed by atoms with Gasteiger partial charge in [-0.05, 0) is 55.8 Å². The van der Waals surface area contributed by atoms with Gasteiger partial charge in [-0.25, -0.2) is 0 Å². The topological polar surface area (TPSA) is 84.5 Å². The second-order valence-corrected chi connectivity index (χ2v) is 7.46. The molecule has 6 nitrogen and oxygen atoms in total. The molecule has 0 aliphatic carbocycles. The molecule has 2 aromatic carbocycles. The molecular weight excluding hydrogens is 400 g/mol. The van der Waals surface area contributed by atoms with Crippen molar-refractivity contribution >= 4 is 52.5 Å². The van der Waals surface area contributed by atoms with Crippen molar-refractivity contribution in [1.82, 2.24) is 0 Å². The van der Waals surface area contributed by atoms with Crippen LogP contribution in [0, 0.1) is 6.92 Å². The first kappa shape index (κ1) is 21.8. The van der Waals surface area contributed by atoms with Crippen LogP contribution < -0.4 is 10.6 Å². The highest BCUT2D eigenvalue weighted by molar-refractivity contribution is 8.00. The summed E-state index contributed by atoms with van der Waals surface area (Å²) in [5.74, 6) is -1.16. The van der Waals surface area contributed by atoms with Crippen LogP contribution in [-0.4, -0.2) is 35.4 Å². The first-order valence-electron chi connectivity index (χ1n) is 8.53. The van der Waals surface area contributed by atoms with Gasteiger partial charge in [0, 0.05) is 16.4 Å². The molecule has 0 radical (unpaired) electrons. The molecule has 0 spiro atoms. The third-order valence-corrected chi connectivity index (χ3v) is 4.70. The van der Waals surface area contributed by atoms with Gasteiger partial charge in [-0.1, -0.05) is 23.7 Å². The zero-order valence-electron chi connectivity index (χ0n) is 15.5. The Hall–Kier alpha value is -2.51. The van der Waals surface area contributed by atoms with Crippen molar-refractivity contribution in [2.45, 2.75) is 20.0 Å². The van der Waals surface area contributed by atoms with Gasteiger partial charge in [-0.15, -0.1) is 11.8 Å². The third-order valence-electron chi connectivity index (χ3n) is 3.54. The van der Waals surface area contributed by atoms with Gasteiger partial charge in [0.25, 0.3) is 5.91 Å². The van der Waals surface area contributed by atoms with E-state index in [1.54, 1.807) is 30.3 Å². The summed E-state index contributed by atoms with van der Waals surface area (Å²) < 4.78 is 5.11. The van der Waals surface area contributed by atoms with Crippen molar-refractivity contribution in [3.8, 4) is 0 Å². The van der Waals surface area contributed by atoms with Gasteiger partial charge in [0.05, 0.1) is 11.5 Å². The van der Waals surface area contributed by atoms with E-state index < -0.39 is 18.0 Å². The Labute approximate surface area is 173 Å². The van der Waals surface area contributed by atoms with Crippen molar-refractivity contribution < 1.29 is 19.1 Å². The van der Waals surface area contributed by atoms with Gasteiger partial charge < -0.3 is 15.4 Å². The molecule has 2 N–H and O–H groups in total. The number of halogens is 1. The van der Waals surface area contributed by atoms with Crippen molar-refractivity contribution in [3.63, 3.8) is 0 Å². The molecule has 148 valence electrons. The van der Waals surface area contributed by atoms with E-state index in [9.17, 15) is 14.4 Å². The molecular formula is C20H21ClN2O4S. The predicted octanol–water partition coefficient (Wildman–Crippen LogP) is 3.89. The van der Waals surface area contributed by atoms with E-state index in [1.807, 2.05) is 25.1 Å². The summed E-state index contributed by atoms with van der Waals surface area (Å²) in [5, 5.41) is 5.98. The lowest BCUT2D eigenvalue weighted by molar-refractivity contribution is -0.150. The number of carbonyl (C=O) groups is 3. The largest absolute Gasteiger partial charge is 0.452 e. The van der Waals surface area contributed by atoms with Crippen LogP contribution in [0.5, 0.6) is 0 Å². The highest BCUT2D eigenvalue weighted by Crippen LogP contribution is 2.14. The second kappa shape index (κ2) is 10.7. The monoisotopic (exact) mass is 420 g/mol. The normalized spacial score (nSPS) is 11.4. The summed E-state index contributed by atoms with van der Waals surface area (Å²) >= 11 is 6.89. The van der Waals surface area contributed by atoms with Gasteiger partial charge in [0.1, 0.15) is 0 Å². The fourth-order valence-electron chi connectivity index (χ4n) is 2.21. The lowest BCUT2D eigenvalue weighted by Gasteiger charge is -2.13. The number of amides is 2. The Morgan fingerprint density at radius 1 is 1.04 bits per heavy atom. The maximum atomic E-state index is 12.1. The number of benzene rings is 2. The first-order chi connectivity index (χ1) is 13.3. The smallest absolute Gasteiger partial charge is 0.316 e. The Balaban J connectivity index is 1.68. The molecule has 0 aromatic heterocycles. The molecule has 0 unspecified atom stereocenters. The van der Waals surface area contributed by atoms with Crippen molar-refractivity contribution in [3.05, 3.63) is 59.1 Å². The molecule has 0 fully saturated rings. The van der Waals surface area contributed by atoms with Crippen LogP contribution in [0.4, 0.5) is 11.4 Å². The molecule has 0 saturated carbocycles. The Kier molecular flexibility index (Phi) is 8.35. The van der Waals surface area contributed by atoms with Crippen LogP contribution in [0.2, 0.25) is 5.02 Å². The minimum absolute atomic E-state index is 0.0316.